The van der Waals surface area contributed by atoms with Crippen molar-refractivity contribution in [2.75, 3.05) is 26.3 Å². The van der Waals surface area contributed by atoms with E-state index >= 15 is 0 Å². The maximum atomic E-state index is 13.5. The molecule has 2 aliphatic heterocycles. The van der Waals surface area contributed by atoms with Gasteiger partial charge in [-0.1, -0.05) is 0 Å². The van der Waals surface area contributed by atoms with Crippen LogP contribution in [-0.2, 0) is 17.1 Å². The fraction of sp³-hybridized carbons (Fsp3) is 0.579. The number of nitrogens with zero attached hydrogens (tertiary/aromatic N) is 2. The zero-order valence-corrected chi connectivity index (χ0v) is 15.7. The number of aryl methyl sites for hydroxylation is 1. The highest BCUT2D eigenvalue weighted by atomic mass is 19.4. The molecule has 1 amide bonds. The fourth-order valence-corrected chi connectivity index (χ4v) is 3.83. The van der Waals surface area contributed by atoms with E-state index < -0.39 is 40.5 Å². The van der Waals surface area contributed by atoms with Crippen LogP contribution < -0.4 is 0 Å². The molecule has 0 aromatic heterocycles. The van der Waals surface area contributed by atoms with Crippen molar-refractivity contribution in [2.24, 2.45) is 4.99 Å². The number of rotatable bonds is 2. The number of hydrogen-bond acceptors (Lipinski definition) is 3. The summed E-state index contributed by atoms with van der Waals surface area (Å²) in [5.74, 6) is -1.20. The Kier molecular flexibility index (Phi) is 6.05. The lowest BCUT2D eigenvalue weighted by molar-refractivity contribution is -0.143. The summed E-state index contributed by atoms with van der Waals surface area (Å²) < 4.78 is 84.6. The average Bonchev–Trinajstić information content (AvgIpc) is 3.14. The average molecular weight is 422 g/mol. The molecule has 1 aromatic carbocycles. The predicted molar refractivity (Wildman–Crippen MR) is 93.0 cm³/mol. The quantitative estimate of drug-likeness (QED) is 0.660. The summed E-state index contributed by atoms with van der Waals surface area (Å²) in [7, 11) is 0. The van der Waals surface area contributed by atoms with Gasteiger partial charge in [0.1, 0.15) is 0 Å². The Bertz CT molecular complexity index is 810. The minimum Gasteiger partial charge on any atom is -0.375 e. The van der Waals surface area contributed by atoms with E-state index in [1.807, 2.05) is 0 Å². The van der Waals surface area contributed by atoms with Crippen LogP contribution in [0, 0.1) is 6.92 Å². The number of halogens is 6. The number of carbonyl (C=O) groups is 1. The second-order valence-corrected chi connectivity index (χ2v) is 7.22. The van der Waals surface area contributed by atoms with Gasteiger partial charge < -0.3 is 4.74 Å². The summed E-state index contributed by atoms with van der Waals surface area (Å²) in [4.78, 5) is 18.7. The summed E-state index contributed by atoms with van der Waals surface area (Å²) in [5, 5.41) is 0. The fourth-order valence-electron chi connectivity index (χ4n) is 3.83. The van der Waals surface area contributed by atoms with Crippen LogP contribution in [0.5, 0.6) is 0 Å². The first-order valence-electron chi connectivity index (χ1n) is 9.21. The Morgan fingerprint density at radius 2 is 1.76 bits per heavy atom. The van der Waals surface area contributed by atoms with Gasteiger partial charge in [0.05, 0.1) is 35.1 Å². The van der Waals surface area contributed by atoms with Crippen molar-refractivity contribution in [3.8, 4) is 0 Å². The molecule has 0 bridgehead atoms. The van der Waals surface area contributed by atoms with Crippen LogP contribution >= 0.6 is 0 Å². The lowest BCUT2D eigenvalue weighted by Crippen LogP contribution is -2.45. The number of alkyl halides is 6. The molecular weight excluding hydrogens is 402 g/mol. The number of likely N-dealkylation sites (tertiary alicyclic amines) is 1. The minimum atomic E-state index is -5.13. The van der Waals surface area contributed by atoms with Crippen molar-refractivity contribution in [2.45, 2.75) is 44.6 Å². The smallest absolute Gasteiger partial charge is 0.375 e. The Balaban J connectivity index is 2.02. The van der Waals surface area contributed by atoms with Crippen LogP contribution in [0.2, 0.25) is 0 Å². The predicted octanol–water partition coefficient (Wildman–Crippen LogP) is 4.50. The zero-order valence-electron chi connectivity index (χ0n) is 15.7. The summed E-state index contributed by atoms with van der Waals surface area (Å²) in [6.07, 6.45) is -7.57. The molecule has 0 aliphatic carbocycles. The molecular formula is C19H20F6N2O2. The normalized spacial score (nSPS) is 23.0. The van der Waals surface area contributed by atoms with Gasteiger partial charge in [-0.25, -0.2) is 4.99 Å². The third-order valence-electron chi connectivity index (χ3n) is 5.18. The number of ether oxygens (including phenoxy) is 1. The lowest BCUT2D eigenvalue weighted by Gasteiger charge is -2.32. The van der Waals surface area contributed by atoms with Gasteiger partial charge >= 0.3 is 12.4 Å². The summed E-state index contributed by atoms with van der Waals surface area (Å²) in [5.41, 5.74) is -4.05. The molecule has 0 unspecified atom stereocenters. The SMILES string of the molecule is Cc1cc(C(F)(F)F)cc(C(F)(F)F)c1C(=O)/N=C1\COCC[C@H]1N1CCCC1. The Labute approximate surface area is 163 Å². The van der Waals surface area contributed by atoms with Crippen molar-refractivity contribution >= 4 is 11.6 Å². The van der Waals surface area contributed by atoms with Crippen molar-refractivity contribution < 1.29 is 35.9 Å². The standard InChI is InChI=1S/C19H20F6N2O2/c1-11-8-12(18(20,21)22)9-13(19(23,24)25)16(11)17(28)26-14-10-29-7-4-15(14)27-5-2-3-6-27/h8-9,15H,2-7,10H2,1H3/b26-14+/t15-/m1/s1. The van der Waals surface area contributed by atoms with Crippen molar-refractivity contribution in [3.63, 3.8) is 0 Å². The van der Waals surface area contributed by atoms with Crippen LogP contribution in [-0.4, -0.2) is 48.9 Å². The second-order valence-electron chi connectivity index (χ2n) is 7.22. The number of carbonyl (C=O) groups excluding carboxylic acids is 1. The van der Waals surface area contributed by atoms with E-state index in [2.05, 4.69) is 9.89 Å². The number of amides is 1. The van der Waals surface area contributed by atoms with Gasteiger partial charge in [-0.15, -0.1) is 0 Å². The zero-order chi connectivity index (χ0) is 21.4. The molecule has 0 N–H and O–H groups in total. The monoisotopic (exact) mass is 422 g/mol. The summed E-state index contributed by atoms with van der Waals surface area (Å²) in [6, 6.07) is 0.299. The van der Waals surface area contributed by atoms with E-state index in [1.165, 1.54) is 0 Å². The van der Waals surface area contributed by atoms with Gasteiger partial charge in [0.25, 0.3) is 5.91 Å². The van der Waals surface area contributed by atoms with Crippen molar-refractivity contribution in [1.29, 1.82) is 0 Å². The van der Waals surface area contributed by atoms with Gasteiger partial charge in [-0.05, 0) is 57.0 Å². The van der Waals surface area contributed by atoms with Crippen LogP contribution in [0.4, 0.5) is 26.3 Å². The van der Waals surface area contributed by atoms with Crippen molar-refractivity contribution in [3.05, 3.63) is 34.4 Å². The number of benzene rings is 1. The van der Waals surface area contributed by atoms with E-state index in [4.69, 9.17) is 4.74 Å². The molecule has 0 spiro atoms. The van der Waals surface area contributed by atoms with E-state index in [1.54, 1.807) is 0 Å². The maximum Gasteiger partial charge on any atom is 0.417 e. The molecule has 0 radical (unpaired) electrons. The van der Waals surface area contributed by atoms with Gasteiger partial charge in [0.15, 0.2) is 0 Å². The summed E-state index contributed by atoms with van der Waals surface area (Å²) >= 11 is 0. The molecule has 0 saturated carbocycles. The topological polar surface area (TPSA) is 41.9 Å². The van der Waals surface area contributed by atoms with Crippen LogP contribution in [0.25, 0.3) is 0 Å². The molecule has 1 atom stereocenters. The third kappa shape index (κ3) is 4.80. The highest BCUT2D eigenvalue weighted by molar-refractivity contribution is 6.07. The Morgan fingerprint density at radius 3 is 2.34 bits per heavy atom. The number of hydrogen-bond donors (Lipinski definition) is 0. The summed E-state index contributed by atoms with van der Waals surface area (Å²) in [6.45, 7) is 3.10. The van der Waals surface area contributed by atoms with Gasteiger partial charge in [-0.2, -0.15) is 26.3 Å². The van der Waals surface area contributed by atoms with Gasteiger partial charge in [-0.3, -0.25) is 9.69 Å². The molecule has 10 heteroatoms. The van der Waals surface area contributed by atoms with Gasteiger partial charge in [0, 0.05) is 6.61 Å². The molecule has 2 heterocycles. The molecule has 29 heavy (non-hydrogen) atoms. The van der Waals surface area contributed by atoms with E-state index in [0.717, 1.165) is 32.9 Å². The van der Waals surface area contributed by atoms with Crippen LogP contribution in [0.15, 0.2) is 17.1 Å². The molecule has 160 valence electrons. The maximum absolute atomic E-state index is 13.5. The molecule has 2 saturated heterocycles. The first-order valence-corrected chi connectivity index (χ1v) is 9.21. The lowest BCUT2D eigenvalue weighted by atomic mass is 9.96. The minimum absolute atomic E-state index is 0.00788. The van der Waals surface area contributed by atoms with Crippen molar-refractivity contribution in [1.82, 2.24) is 4.90 Å². The Morgan fingerprint density at radius 1 is 1.10 bits per heavy atom. The van der Waals surface area contributed by atoms with E-state index in [9.17, 15) is 31.1 Å². The number of aliphatic imine (C=N–C) groups is 1. The van der Waals surface area contributed by atoms with E-state index in [0.29, 0.717) is 24.8 Å². The molecule has 2 fully saturated rings. The highest BCUT2D eigenvalue weighted by Crippen LogP contribution is 2.39. The van der Waals surface area contributed by atoms with E-state index in [-0.39, 0.29) is 18.7 Å². The molecule has 2 aliphatic rings. The highest BCUT2D eigenvalue weighted by Gasteiger charge is 2.41. The largest absolute Gasteiger partial charge is 0.417 e. The van der Waals surface area contributed by atoms with Gasteiger partial charge in [0.2, 0.25) is 0 Å². The molecule has 1 aromatic rings. The first-order chi connectivity index (χ1) is 13.5. The molecule has 4 nitrogen and oxygen atoms in total. The third-order valence-corrected chi connectivity index (χ3v) is 5.18. The second kappa shape index (κ2) is 8.06. The van der Waals surface area contributed by atoms with Crippen LogP contribution in [0.1, 0.15) is 46.3 Å². The molecule has 3 rings (SSSR count). The Hall–Kier alpha value is -1.94. The first kappa shape index (κ1) is 21.8. The van der Waals surface area contributed by atoms with Crippen LogP contribution in [0.3, 0.4) is 0 Å².